The Morgan fingerprint density at radius 2 is 1.60 bits per heavy atom. The number of aryl methyl sites for hydroxylation is 4. The summed E-state index contributed by atoms with van der Waals surface area (Å²) in [5.41, 5.74) is 1.12. The van der Waals surface area contributed by atoms with Crippen molar-refractivity contribution < 1.29 is 13.2 Å². The van der Waals surface area contributed by atoms with E-state index in [1.807, 2.05) is 33.8 Å². The van der Waals surface area contributed by atoms with Crippen molar-refractivity contribution >= 4 is 38.6 Å². The molecule has 136 valence electrons. The molecule has 1 fully saturated rings. The SMILES string of the molecule is Cc1cc(S(=O)(=O)N2CCN(C(=O)c3cc(C)c(C)s3)CC2)c(C)s1. The summed E-state index contributed by atoms with van der Waals surface area (Å²) in [6.07, 6.45) is 0. The maximum atomic E-state index is 12.8. The first kappa shape index (κ1) is 18.6. The molecular weight excluding hydrogens is 376 g/mol. The van der Waals surface area contributed by atoms with Crippen molar-refractivity contribution in [2.24, 2.45) is 0 Å². The molecule has 0 N–H and O–H groups in total. The highest BCUT2D eigenvalue weighted by Crippen LogP contribution is 2.29. The van der Waals surface area contributed by atoms with E-state index in [1.165, 1.54) is 27.0 Å². The normalized spacial score (nSPS) is 16.4. The van der Waals surface area contributed by atoms with Gasteiger partial charge in [0.05, 0.1) is 9.77 Å². The maximum absolute atomic E-state index is 12.8. The molecule has 2 aromatic heterocycles. The number of hydrogen-bond acceptors (Lipinski definition) is 5. The van der Waals surface area contributed by atoms with Gasteiger partial charge in [0.2, 0.25) is 10.0 Å². The first-order chi connectivity index (χ1) is 11.7. The second kappa shape index (κ2) is 6.83. The minimum atomic E-state index is -3.48. The van der Waals surface area contributed by atoms with Gasteiger partial charge in [0.15, 0.2) is 0 Å². The van der Waals surface area contributed by atoms with Crippen LogP contribution >= 0.6 is 22.7 Å². The van der Waals surface area contributed by atoms with Gasteiger partial charge in [0.25, 0.3) is 5.91 Å². The molecule has 0 spiro atoms. The zero-order valence-corrected chi connectivity index (χ0v) is 17.3. The average Bonchev–Trinajstić information content (AvgIpc) is 3.09. The highest BCUT2D eigenvalue weighted by atomic mass is 32.2. The smallest absolute Gasteiger partial charge is 0.264 e. The first-order valence-corrected chi connectivity index (χ1v) is 11.2. The third-order valence-electron chi connectivity index (χ3n) is 4.52. The van der Waals surface area contributed by atoms with Crippen LogP contribution in [0.5, 0.6) is 0 Å². The van der Waals surface area contributed by atoms with Gasteiger partial charge in [0.1, 0.15) is 0 Å². The second-order valence-corrected chi connectivity index (χ2v) is 10.9. The molecule has 1 aliphatic rings. The minimum absolute atomic E-state index is 0.000747. The molecule has 0 aliphatic carbocycles. The Morgan fingerprint density at radius 1 is 0.960 bits per heavy atom. The standard InChI is InChI=1S/C17H22N2O3S3/c1-11-9-15(24-13(11)3)17(20)18-5-7-19(8-6-18)25(21,22)16-10-12(2)23-14(16)4/h9-10H,5-8H2,1-4H3. The third kappa shape index (κ3) is 3.53. The third-order valence-corrected chi connectivity index (χ3v) is 8.78. The Balaban J connectivity index is 1.71. The number of carbonyl (C=O) groups is 1. The van der Waals surface area contributed by atoms with E-state index < -0.39 is 10.0 Å². The van der Waals surface area contributed by atoms with Crippen molar-refractivity contribution in [1.82, 2.24) is 9.21 Å². The van der Waals surface area contributed by atoms with Gasteiger partial charge in [-0.1, -0.05) is 0 Å². The number of amides is 1. The molecular formula is C17H22N2O3S3. The lowest BCUT2D eigenvalue weighted by atomic mass is 10.2. The summed E-state index contributed by atoms with van der Waals surface area (Å²) < 4.78 is 27.2. The van der Waals surface area contributed by atoms with E-state index in [-0.39, 0.29) is 5.91 Å². The molecule has 3 rings (SSSR count). The van der Waals surface area contributed by atoms with E-state index in [9.17, 15) is 13.2 Å². The molecule has 5 nitrogen and oxygen atoms in total. The predicted molar refractivity (Wildman–Crippen MR) is 102 cm³/mol. The van der Waals surface area contributed by atoms with E-state index in [0.29, 0.717) is 31.1 Å². The van der Waals surface area contributed by atoms with E-state index in [2.05, 4.69) is 0 Å². The van der Waals surface area contributed by atoms with Crippen molar-refractivity contribution in [3.05, 3.63) is 37.2 Å². The van der Waals surface area contributed by atoms with Gasteiger partial charge in [-0.05, 0) is 45.4 Å². The van der Waals surface area contributed by atoms with Crippen LogP contribution < -0.4 is 0 Å². The second-order valence-electron chi connectivity index (χ2n) is 6.32. The lowest BCUT2D eigenvalue weighted by Gasteiger charge is -2.33. The Labute approximate surface area is 156 Å². The Hall–Kier alpha value is -1.22. The van der Waals surface area contributed by atoms with Gasteiger partial charge in [-0.3, -0.25) is 4.79 Å². The van der Waals surface area contributed by atoms with Crippen LogP contribution in [-0.2, 0) is 10.0 Å². The maximum Gasteiger partial charge on any atom is 0.264 e. The fraction of sp³-hybridized carbons (Fsp3) is 0.471. The molecule has 0 atom stereocenters. The summed E-state index contributed by atoms with van der Waals surface area (Å²) in [7, 11) is -3.48. The number of hydrogen-bond donors (Lipinski definition) is 0. The zero-order chi connectivity index (χ0) is 18.4. The summed E-state index contributed by atoms with van der Waals surface area (Å²) in [5.74, 6) is 0.000747. The van der Waals surface area contributed by atoms with Crippen LogP contribution in [0.25, 0.3) is 0 Å². The van der Waals surface area contributed by atoms with Gasteiger partial charge < -0.3 is 4.90 Å². The molecule has 1 saturated heterocycles. The molecule has 0 unspecified atom stereocenters. The molecule has 1 aliphatic heterocycles. The van der Waals surface area contributed by atoms with Crippen molar-refractivity contribution in [2.45, 2.75) is 32.6 Å². The van der Waals surface area contributed by atoms with Crippen LogP contribution in [0.1, 0.15) is 29.9 Å². The van der Waals surface area contributed by atoms with Crippen molar-refractivity contribution in [3.8, 4) is 0 Å². The molecule has 3 heterocycles. The molecule has 0 bridgehead atoms. The van der Waals surface area contributed by atoms with E-state index in [4.69, 9.17) is 0 Å². The number of rotatable bonds is 3. The van der Waals surface area contributed by atoms with E-state index in [0.717, 1.165) is 25.1 Å². The summed E-state index contributed by atoms with van der Waals surface area (Å²) in [6.45, 7) is 9.29. The summed E-state index contributed by atoms with van der Waals surface area (Å²) in [6, 6.07) is 3.66. The summed E-state index contributed by atoms with van der Waals surface area (Å²) >= 11 is 3.00. The van der Waals surface area contributed by atoms with Crippen LogP contribution in [0.3, 0.4) is 0 Å². The molecule has 25 heavy (non-hydrogen) atoms. The fourth-order valence-electron chi connectivity index (χ4n) is 2.97. The van der Waals surface area contributed by atoms with Crippen LogP contribution in [0.2, 0.25) is 0 Å². The van der Waals surface area contributed by atoms with Crippen LogP contribution in [0.4, 0.5) is 0 Å². The first-order valence-electron chi connectivity index (χ1n) is 8.13. The molecule has 0 aromatic carbocycles. The lowest BCUT2D eigenvalue weighted by Crippen LogP contribution is -2.50. The molecule has 1 amide bonds. The van der Waals surface area contributed by atoms with Gasteiger partial charge >= 0.3 is 0 Å². The number of thiophene rings is 2. The number of piperazine rings is 1. The fourth-order valence-corrected chi connectivity index (χ4v) is 6.92. The molecule has 2 aromatic rings. The number of nitrogens with zero attached hydrogens (tertiary/aromatic N) is 2. The highest BCUT2D eigenvalue weighted by molar-refractivity contribution is 7.89. The van der Waals surface area contributed by atoms with Gasteiger partial charge in [0, 0.05) is 40.8 Å². The predicted octanol–water partition coefficient (Wildman–Crippen LogP) is 3.19. The topological polar surface area (TPSA) is 57.7 Å². The number of sulfonamides is 1. The molecule has 8 heteroatoms. The lowest BCUT2D eigenvalue weighted by molar-refractivity contribution is 0.0702. The number of carbonyl (C=O) groups excluding carboxylic acids is 1. The van der Waals surface area contributed by atoms with Crippen LogP contribution in [0, 0.1) is 27.7 Å². The molecule has 0 radical (unpaired) electrons. The Morgan fingerprint density at radius 3 is 2.08 bits per heavy atom. The minimum Gasteiger partial charge on any atom is -0.335 e. The summed E-state index contributed by atoms with van der Waals surface area (Å²) in [4.78, 5) is 18.5. The van der Waals surface area contributed by atoms with Crippen molar-refractivity contribution in [2.75, 3.05) is 26.2 Å². The van der Waals surface area contributed by atoms with Crippen LogP contribution in [0.15, 0.2) is 17.0 Å². The highest BCUT2D eigenvalue weighted by Gasteiger charge is 2.32. The van der Waals surface area contributed by atoms with Gasteiger partial charge in [-0.25, -0.2) is 8.42 Å². The van der Waals surface area contributed by atoms with E-state index >= 15 is 0 Å². The van der Waals surface area contributed by atoms with Crippen molar-refractivity contribution in [3.63, 3.8) is 0 Å². The monoisotopic (exact) mass is 398 g/mol. The van der Waals surface area contributed by atoms with Gasteiger partial charge in [-0.2, -0.15) is 4.31 Å². The van der Waals surface area contributed by atoms with Gasteiger partial charge in [-0.15, -0.1) is 22.7 Å². The van der Waals surface area contributed by atoms with Crippen LogP contribution in [-0.4, -0.2) is 49.7 Å². The largest absolute Gasteiger partial charge is 0.335 e. The Kier molecular flexibility index (Phi) is 5.07. The summed E-state index contributed by atoms with van der Waals surface area (Å²) in [5, 5.41) is 0. The van der Waals surface area contributed by atoms with E-state index in [1.54, 1.807) is 11.0 Å². The van der Waals surface area contributed by atoms with Crippen molar-refractivity contribution in [1.29, 1.82) is 0 Å². The average molecular weight is 399 g/mol. The molecule has 0 saturated carbocycles. The Bertz CT molecular complexity index is 884. The quantitative estimate of drug-likeness (QED) is 0.798. The zero-order valence-electron chi connectivity index (χ0n) is 14.8.